The summed E-state index contributed by atoms with van der Waals surface area (Å²) in [5.74, 6) is 0.596. The average molecular weight is 539 g/mol. The van der Waals surface area contributed by atoms with Crippen LogP contribution in [0.15, 0.2) is 60.7 Å². The Morgan fingerprint density at radius 2 is 1.43 bits per heavy atom. The molecule has 5 rings (SSSR count). The van der Waals surface area contributed by atoms with Crippen molar-refractivity contribution in [2.45, 2.75) is 71.8 Å². The highest BCUT2D eigenvalue weighted by Gasteiger charge is 2.26. The summed E-state index contributed by atoms with van der Waals surface area (Å²) < 4.78 is 0. The third-order valence-electron chi connectivity index (χ3n) is 8.21. The Bertz CT molecular complexity index is 1350. The van der Waals surface area contributed by atoms with Gasteiger partial charge in [-0.1, -0.05) is 70.2 Å². The topological polar surface area (TPSA) is 64.7 Å². The van der Waals surface area contributed by atoms with Crippen LogP contribution in [0.1, 0.15) is 91.4 Å². The van der Waals surface area contributed by atoms with Crippen molar-refractivity contribution < 1.29 is 9.59 Å². The Hall–Kier alpha value is -3.80. The standard InChI is InChI=1S/C34H42N4O2/c1-23(2)28-13-10-14-29(24(3)4)32(28)36-34(40)35-27-15-16-31(30(21-27)33(39)37-18-8-5-9-19-37)38-20-17-25-11-6-7-12-26(25)22-38/h6-7,10-16,21,23-24H,5,8-9,17-20,22H2,1-4H3,(H2,35,36,40). The predicted molar refractivity (Wildman–Crippen MR) is 165 cm³/mol. The number of rotatable bonds is 6. The molecule has 0 atom stereocenters. The first-order valence-electron chi connectivity index (χ1n) is 14.8. The zero-order valence-corrected chi connectivity index (χ0v) is 24.3. The molecular weight excluding hydrogens is 496 g/mol. The molecule has 3 aromatic rings. The van der Waals surface area contributed by atoms with Crippen molar-refractivity contribution in [3.63, 3.8) is 0 Å². The Labute approximate surface area is 238 Å². The number of piperidine rings is 1. The summed E-state index contributed by atoms with van der Waals surface area (Å²) in [6.45, 7) is 11.7. The molecule has 6 heteroatoms. The molecule has 0 unspecified atom stereocenters. The fraction of sp³-hybridized carbons (Fsp3) is 0.412. The molecule has 2 heterocycles. The molecule has 2 aliphatic heterocycles. The number of fused-ring (bicyclic) bond motifs is 1. The van der Waals surface area contributed by atoms with Crippen LogP contribution in [0.2, 0.25) is 0 Å². The van der Waals surface area contributed by atoms with E-state index in [2.05, 4.69) is 85.7 Å². The van der Waals surface area contributed by atoms with Gasteiger partial charge in [-0.15, -0.1) is 0 Å². The number of hydrogen-bond donors (Lipinski definition) is 2. The minimum Gasteiger partial charge on any atom is -0.366 e. The van der Waals surface area contributed by atoms with Gasteiger partial charge in [0.25, 0.3) is 5.91 Å². The number of hydrogen-bond acceptors (Lipinski definition) is 3. The molecule has 0 bridgehead atoms. The quantitative estimate of drug-likeness (QED) is 0.337. The van der Waals surface area contributed by atoms with Gasteiger partial charge >= 0.3 is 6.03 Å². The summed E-state index contributed by atoms with van der Waals surface area (Å²) in [6.07, 6.45) is 4.18. The number of anilines is 3. The zero-order chi connectivity index (χ0) is 28.2. The summed E-state index contributed by atoms with van der Waals surface area (Å²) in [5, 5.41) is 6.16. The van der Waals surface area contributed by atoms with Gasteiger partial charge in [-0.3, -0.25) is 4.79 Å². The van der Waals surface area contributed by atoms with E-state index in [1.807, 2.05) is 23.1 Å². The number of benzene rings is 3. The third kappa shape index (κ3) is 6.01. The van der Waals surface area contributed by atoms with Crippen molar-refractivity contribution in [1.29, 1.82) is 0 Å². The smallest absolute Gasteiger partial charge is 0.323 e. The number of nitrogens with zero attached hydrogens (tertiary/aromatic N) is 2. The van der Waals surface area contributed by atoms with Crippen molar-refractivity contribution in [3.05, 3.63) is 88.5 Å². The van der Waals surface area contributed by atoms with Crippen molar-refractivity contribution in [3.8, 4) is 0 Å². The fourth-order valence-corrected chi connectivity index (χ4v) is 6.00. The Kier molecular flexibility index (Phi) is 8.43. The fourth-order valence-electron chi connectivity index (χ4n) is 6.00. The lowest BCUT2D eigenvalue weighted by Gasteiger charge is -2.34. The lowest BCUT2D eigenvalue weighted by molar-refractivity contribution is 0.0725. The second-order valence-electron chi connectivity index (χ2n) is 11.7. The van der Waals surface area contributed by atoms with Crippen molar-refractivity contribution in [1.82, 2.24) is 4.90 Å². The van der Waals surface area contributed by atoms with E-state index in [0.717, 1.165) is 74.4 Å². The molecule has 3 amide bonds. The molecule has 40 heavy (non-hydrogen) atoms. The van der Waals surface area contributed by atoms with E-state index < -0.39 is 0 Å². The third-order valence-corrected chi connectivity index (χ3v) is 8.21. The molecule has 2 N–H and O–H groups in total. The van der Waals surface area contributed by atoms with Crippen LogP contribution in [0, 0.1) is 0 Å². The van der Waals surface area contributed by atoms with E-state index in [4.69, 9.17) is 0 Å². The van der Waals surface area contributed by atoms with E-state index >= 15 is 0 Å². The maximum Gasteiger partial charge on any atom is 0.323 e. The maximum atomic E-state index is 13.8. The molecule has 0 spiro atoms. The van der Waals surface area contributed by atoms with Gasteiger partial charge in [-0.2, -0.15) is 0 Å². The van der Waals surface area contributed by atoms with Gasteiger partial charge in [-0.25, -0.2) is 4.79 Å². The van der Waals surface area contributed by atoms with Crippen LogP contribution in [-0.4, -0.2) is 36.5 Å². The van der Waals surface area contributed by atoms with Gasteiger partial charge < -0.3 is 20.4 Å². The SMILES string of the molecule is CC(C)c1cccc(C(C)C)c1NC(=O)Nc1ccc(N2CCc3ccccc3C2)c(C(=O)N2CCCCC2)c1. The second kappa shape index (κ2) is 12.2. The predicted octanol–water partition coefficient (Wildman–Crippen LogP) is 7.77. The molecular formula is C34H42N4O2. The van der Waals surface area contributed by atoms with Crippen LogP contribution < -0.4 is 15.5 Å². The van der Waals surface area contributed by atoms with Gasteiger partial charge in [0.05, 0.1) is 5.56 Å². The van der Waals surface area contributed by atoms with Crippen LogP contribution in [-0.2, 0) is 13.0 Å². The number of urea groups is 1. The van der Waals surface area contributed by atoms with E-state index in [0.29, 0.717) is 11.3 Å². The van der Waals surface area contributed by atoms with Crippen LogP contribution in [0.4, 0.5) is 21.9 Å². The minimum atomic E-state index is -0.300. The zero-order valence-electron chi connectivity index (χ0n) is 24.3. The number of amides is 3. The largest absolute Gasteiger partial charge is 0.366 e. The number of nitrogens with one attached hydrogen (secondary N) is 2. The van der Waals surface area contributed by atoms with E-state index in [-0.39, 0.29) is 23.8 Å². The lowest BCUT2D eigenvalue weighted by Crippen LogP contribution is -2.38. The monoisotopic (exact) mass is 538 g/mol. The second-order valence-corrected chi connectivity index (χ2v) is 11.7. The molecule has 0 saturated carbocycles. The van der Waals surface area contributed by atoms with Crippen molar-refractivity contribution in [2.24, 2.45) is 0 Å². The molecule has 6 nitrogen and oxygen atoms in total. The van der Waals surface area contributed by atoms with Gasteiger partial charge in [-0.05, 0) is 78.0 Å². The summed E-state index contributed by atoms with van der Waals surface area (Å²) in [5.41, 5.74) is 7.99. The molecule has 3 aromatic carbocycles. The van der Waals surface area contributed by atoms with E-state index in [9.17, 15) is 9.59 Å². The highest BCUT2D eigenvalue weighted by atomic mass is 16.2. The summed E-state index contributed by atoms with van der Waals surface area (Å²) in [7, 11) is 0. The average Bonchev–Trinajstić information content (AvgIpc) is 2.96. The number of carbonyl (C=O) groups excluding carboxylic acids is 2. The van der Waals surface area contributed by atoms with Gasteiger partial charge in [0.15, 0.2) is 0 Å². The first-order chi connectivity index (χ1) is 19.3. The lowest BCUT2D eigenvalue weighted by atomic mass is 9.93. The number of para-hydroxylation sites is 1. The van der Waals surface area contributed by atoms with Gasteiger partial charge in [0.2, 0.25) is 0 Å². The summed E-state index contributed by atoms with van der Waals surface area (Å²) in [6, 6.07) is 20.2. The van der Waals surface area contributed by atoms with Crippen LogP contribution >= 0.6 is 0 Å². The maximum absolute atomic E-state index is 13.8. The Morgan fingerprint density at radius 1 is 0.750 bits per heavy atom. The van der Waals surface area contributed by atoms with Crippen LogP contribution in [0.5, 0.6) is 0 Å². The van der Waals surface area contributed by atoms with Crippen LogP contribution in [0.3, 0.4) is 0 Å². The van der Waals surface area contributed by atoms with Crippen LogP contribution in [0.25, 0.3) is 0 Å². The summed E-state index contributed by atoms with van der Waals surface area (Å²) >= 11 is 0. The number of carbonyl (C=O) groups is 2. The molecule has 1 saturated heterocycles. The molecule has 0 aliphatic carbocycles. The Morgan fingerprint density at radius 3 is 2.10 bits per heavy atom. The van der Waals surface area contributed by atoms with Crippen molar-refractivity contribution in [2.75, 3.05) is 35.2 Å². The normalized spacial score (nSPS) is 15.2. The molecule has 210 valence electrons. The molecule has 2 aliphatic rings. The minimum absolute atomic E-state index is 0.0462. The molecule has 0 aromatic heterocycles. The summed E-state index contributed by atoms with van der Waals surface area (Å²) in [4.78, 5) is 31.4. The highest BCUT2D eigenvalue weighted by Crippen LogP contribution is 2.34. The number of likely N-dealkylation sites (tertiary alicyclic amines) is 1. The Balaban J connectivity index is 1.43. The van der Waals surface area contributed by atoms with Gasteiger partial charge in [0, 0.05) is 43.2 Å². The first kappa shape index (κ1) is 27.8. The molecule has 1 fully saturated rings. The molecule has 0 radical (unpaired) electrons. The van der Waals surface area contributed by atoms with E-state index in [1.165, 1.54) is 11.1 Å². The van der Waals surface area contributed by atoms with Gasteiger partial charge in [0.1, 0.15) is 0 Å². The highest BCUT2D eigenvalue weighted by molar-refractivity contribution is 6.04. The van der Waals surface area contributed by atoms with E-state index in [1.54, 1.807) is 0 Å². The van der Waals surface area contributed by atoms with Crippen molar-refractivity contribution >= 4 is 29.0 Å². The first-order valence-corrected chi connectivity index (χ1v) is 14.8.